The first-order valence-corrected chi connectivity index (χ1v) is 9.84. The first kappa shape index (κ1) is 17.9. The predicted molar refractivity (Wildman–Crippen MR) is 107 cm³/mol. The molecule has 0 N–H and O–H groups in total. The summed E-state index contributed by atoms with van der Waals surface area (Å²) in [7, 11) is 1.54. The van der Waals surface area contributed by atoms with Crippen molar-refractivity contribution >= 4 is 0 Å². The minimum atomic E-state index is -0.0881. The molecule has 4 nitrogen and oxygen atoms in total. The van der Waals surface area contributed by atoms with Crippen molar-refractivity contribution in [2.75, 3.05) is 7.11 Å². The van der Waals surface area contributed by atoms with E-state index in [1.807, 2.05) is 37.3 Å². The second-order valence-electron chi connectivity index (χ2n) is 7.67. The third-order valence-electron chi connectivity index (χ3n) is 6.11. The second-order valence-corrected chi connectivity index (χ2v) is 7.67. The summed E-state index contributed by atoms with van der Waals surface area (Å²) in [6.45, 7) is 4.30. The summed E-state index contributed by atoms with van der Waals surface area (Å²) in [5.74, 6) is 1.71. The lowest BCUT2D eigenvalue weighted by atomic mass is 9.66. The molecular formula is C23H27NO3. The van der Waals surface area contributed by atoms with E-state index in [4.69, 9.17) is 9.57 Å². The Bertz CT molecular complexity index is 900. The van der Waals surface area contributed by atoms with Crippen molar-refractivity contribution in [2.45, 2.75) is 45.1 Å². The summed E-state index contributed by atoms with van der Waals surface area (Å²) in [4.78, 5) is 18.6. The van der Waals surface area contributed by atoms with Gasteiger partial charge in [0.25, 0.3) is 5.56 Å². The number of hydrogen-bond donors (Lipinski definition) is 0. The van der Waals surface area contributed by atoms with E-state index in [0.717, 1.165) is 35.3 Å². The van der Waals surface area contributed by atoms with E-state index in [0.29, 0.717) is 11.8 Å². The summed E-state index contributed by atoms with van der Waals surface area (Å²) >= 11 is 0. The summed E-state index contributed by atoms with van der Waals surface area (Å²) < 4.78 is 7.86. The highest BCUT2D eigenvalue weighted by molar-refractivity contribution is 5.72. The Labute approximate surface area is 160 Å². The molecule has 4 atom stereocenters. The number of benzene rings is 1. The monoisotopic (exact) mass is 365 g/mol. The van der Waals surface area contributed by atoms with E-state index >= 15 is 0 Å². The molecule has 1 aromatic heterocycles. The lowest BCUT2D eigenvalue weighted by Crippen LogP contribution is -2.44. The minimum absolute atomic E-state index is 0.00973. The molecule has 1 aliphatic heterocycles. The van der Waals surface area contributed by atoms with Crippen molar-refractivity contribution in [3.8, 4) is 16.9 Å². The lowest BCUT2D eigenvalue weighted by Gasteiger charge is -2.44. The van der Waals surface area contributed by atoms with Gasteiger partial charge in [-0.3, -0.25) is 4.79 Å². The molecule has 2 heterocycles. The van der Waals surface area contributed by atoms with Crippen molar-refractivity contribution in [1.29, 1.82) is 0 Å². The molecule has 0 radical (unpaired) electrons. The van der Waals surface area contributed by atoms with Crippen molar-refractivity contribution in [3.05, 3.63) is 64.6 Å². The van der Waals surface area contributed by atoms with Crippen LogP contribution in [0.25, 0.3) is 11.1 Å². The zero-order valence-electron chi connectivity index (χ0n) is 16.2. The van der Waals surface area contributed by atoms with E-state index in [-0.39, 0.29) is 17.6 Å². The molecule has 4 heteroatoms. The summed E-state index contributed by atoms with van der Waals surface area (Å²) in [6, 6.07) is 10.1. The first-order chi connectivity index (χ1) is 13.2. The molecule has 27 heavy (non-hydrogen) atoms. The fourth-order valence-corrected chi connectivity index (χ4v) is 4.89. The quantitative estimate of drug-likeness (QED) is 0.756. The van der Waals surface area contributed by atoms with E-state index in [2.05, 4.69) is 19.1 Å². The van der Waals surface area contributed by atoms with Crippen molar-refractivity contribution < 1.29 is 9.57 Å². The third kappa shape index (κ3) is 2.97. The Morgan fingerprint density at radius 1 is 1.22 bits per heavy atom. The van der Waals surface area contributed by atoms with Crippen molar-refractivity contribution in [1.82, 2.24) is 4.73 Å². The zero-order chi connectivity index (χ0) is 19.0. The van der Waals surface area contributed by atoms with Gasteiger partial charge >= 0.3 is 0 Å². The number of nitrogens with zero attached hydrogens (tertiary/aromatic N) is 1. The van der Waals surface area contributed by atoms with Crippen LogP contribution in [-0.4, -0.2) is 17.9 Å². The molecule has 0 saturated heterocycles. The minimum Gasteiger partial charge on any atom is -0.485 e. The highest BCUT2D eigenvalue weighted by Gasteiger charge is 2.44. The van der Waals surface area contributed by atoms with Crippen LogP contribution in [0.15, 0.2) is 53.5 Å². The number of pyridine rings is 1. The SMILES string of the molecule is C/C=C/[C@H]1Oc2c(-c3ccccc3)cn(OC)c(=O)c2[C@H]2[C@@H]1CCC[C@@H]2C. The summed E-state index contributed by atoms with van der Waals surface area (Å²) in [6.07, 6.45) is 9.40. The van der Waals surface area contributed by atoms with Gasteiger partial charge in [-0.15, -0.1) is 0 Å². The van der Waals surface area contributed by atoms with Crippen LogP contribution in [-0.2, 0) is 0 Å². The molecule has 4 rings (SSSR count). The van der Waals surface area contributed by atoms with Crippen LogP contribution in [0.3, 0.4) is 0 Å². The molecule has 1 saturated carbocycles. The van der Waals surface area contributed by atoms with Crippen LogP contribution in [0.4, 0.5) is 0 Å². The molecule has 0 spiro atoms. The van der Waals surface area contributed by atoms with E-state index in [1.54, 1.807) is 6.20 Å². The van der Waals surface area contributed by atoms with Crippen LogP contribution in [0, 0.1) is 11.8 Å². The van der Waals surface area contributed by atoms with Gasteiger partial charge in [0, 0.05) is 17.4 Å². The summed E-state index contributed by atoms with van der Waals surface area (Å²) in [5.41, 5.74) is 2.64. The van der Waals surface area contributed by atoms with E-state index in [1.165, 1.54) is 18.3 Å². The first-order valence-electron chi connectivity index (χ1n) is 9.84. The molecule has 142 valence electrons. The van der Waals surface area contributed by atoms with E-state index < -0.39 is 0 Å². The largest absolute Gasteiger partial charge is 0.485 e. The average molecular weight is 365 g/mol. The Morgan fingerprint density at radius 2 is 2.00 bits per heavy atom. The van der Waals surface area contributed by atoms with Crippen LogP contribution in [0.2, 0.25) is 0 Å². The van der Waals surface area contributed by atoms with Gasteiger partial charge in [0.1, 0.15) is 19.0 Å². The number of aromatic nitrogens is 1. The fourth-order valence-electron chi connectivity index (χ4n) is 4.89. The maximum absolute atomic E-state index is 13.2. The molecule has 2 aliphatic rings. The number of hydrogen-bond acceptors (Lipinski definition) is 3. The Kier molecular flexibility index (Phi) is 4.81. The standard InChI is InChI=1S/C23H27NO3/c1-4-9-19-17-13-8-10-15(2)20(17)21-22(27-19)18(14-24(26-3)23(21)25)16-11-6-5-7-12-16/h4-7,9,11-12,14-15,17,19-20H,8,10,13H2,1-3H3/b9-4+/t15-,17+,19+,20+/m0/s1. The number of fused-ring (bicyclic) bond motifs is 3. The molecular weight excluding hydrogens is 338 g/mol. The third-order valence-corrected chi connectivity index (χ3v) is 6.11. The molecule has 0 bridgehead atoms. The van der Waals surface area contributed by atoms with Gasteiger partial charge in [0.05, 0.1) is 11.8 Å². The molecule has 1 fully saturated rings. The Morgan fingerprint density at radius 3 is 2.70 bits per heavy atom. The fraction of sp³-hybridized carbons (Fsp3) is 0.435. The van der Waals surface area contributed by atoms with Gasteiger partial charge in [-0.1, -0.05) is 56.2 Å². The molecule has 1 aromatic carbocycles. The highest BCUT2D eigenvalue weighted by atomic mass is 16.6. The van der Waals surface area contributed by atoms with Crippen molar-refractivity contribution in [2.24, 2.45) is 11.8 Å². The topological polar surface area (TPSA) is 40.5 Å². The Balaban J connectivity index is 1.99. The predicted octanol–water partition coefficient (Wildman–Crippen LogP) is 4.43. The smallest absolute Gasteiger partial charge is 0.290 e. The number of allylic oxidation sites excluding steroid dienone is 1. The van der Waals surface area contributed by atoms with Gasteiger partial charge < -0.3 is 9.57 Å². The summed E-state index contributed by atoms with van der Waals surface area (Å²) in [5, 5.41) is 0. The average Bonchev–Trinajstić information content (AvgIpc) is 2.69. The molecule has 1 aliphatic carbocycles. The van der Waals surface area contributed by atoms with Crippen LogP contribution in [0.1, 0.15) is 44.6 Å². The van der Waals surface area contributed by atoms with Gasteiger partial charge in [-0.2, -0.15) is 4.73 Å². The number of ether oxygens (including phenoxy) is 1. The van der Waals surface area contributed by atoms with E-state index in [9.17, 15) is 4.79 Å². The maximum atomic E-state index is 13.2. The van der Waals surface area contributed by atoms with Crippen LogP contribution in [0.5, 0.6) is 5.75 Å². The zero-order valence-corrected chi connectivity index (χ0v) is 16.2. The normalized spacial score (nSPS) is 26.9. The molecule has 0 unspecified atom stereocenters. The highest BCUT2D eigenvalue weighted by Crippen LogP contribution is 2.51. The second kappa shape index (κ2) is 7.26. The number of rotatable bonds is 3. The van der Waals surface area contributed by atoms with Gasteiger partial charge in [-0.05, 0) is 30.9 Å². The van der Waals surface area contributed by atoms with Crippen LogP contribution >= 0.6 is 0 Å². The maximum Gasteiger partial charge on any atom is 0.290 e. The molecule has 0 amide bonds. The lowest BCUT2D eigenvalue weighted by molar-refractivity contribution is 0.0734. The van der Waals surface area contributed by atoms with Gasteiger partial charge in [-0.25, -0.2) is 0 Å². The van der Waals surface area contributed by atoms with Gasteiger partial charge in [0.15, 0.2) is 0 Å². The molecule has 2 aromatic rings. The van der Waals surface area contributed by atoms with Crippen LogP contribution < -0.4 is 15.1 Å². The van der Waals surface area contributed by atoms with Gasteiger partial charge in [0.2, 0.25) is 0 Å². The Hall–Kier alpha value is -2.49. The van der Waals surface area contributed by atoms with Crippen molar-refractivity contribution in [3.63, 3.8) is 0 Å².